The number of hydrogen-bond donors (Lipinski definition) is 1. The maximum absolute atomic E-state index is 12.7. The Kier molecular flexibility index (Phi) is 7.15. The molecule has 0 radical (unpaired) electrons. The van der Waals surface area contributed by atoms with Gasteiger partial charge in [0.25, 0.3) is 0 Å². The lowest BCUT2D eigenvalue weighted by Crippen LogP contribution is -2.35. The third-order valence-corrected chi connectivity index (χ3v) is 3.48. The normalized spacial score (nSPS) is 12.3. The summed E-state index contributed by atoms with van der Waals surface area (Å²) >= 11 is 0. The molecule has 0 aromatic heterocycles. The monoisotopic (exact) mass is 296 g/mol. The number of rotatable bonds is 8. The van der Waals surface area contributed by atoms with Crippen molar-refractivity contribution < 1.29 is 13.9 Å². The highest BCUT2D eigenvalue weighted by atomic mass is 19.1. The number of benzene rings is 1. The molecule has 0 heterocycles. The predicted octanol–water partition coefficient (Wildman–Crippen LogP) is 2.43. The molecule has 1 amide bonds. The number of amides is 1. The van der Waals surface area contributed by atoms with E-state index in [2.05, 4.69) is 13.8 Å². The molecule has 1 rings (SSSR count). The molecule has 0 fully saturated rings. The van der Waals surface area contributed by atoms with Gasteiger partial charge in [0.05, 0.1) is 13.0 Å². The number of carbonyl (C=O) groups excluding carboxylic acids is 1. The van der Waals surface area contributed by atoms with Gasteiger partial charge in [-0.3, -0.25) is 4.79 Å². The van der Waals surface area contributed by atoms with Crippen molar-refractivity contribution in [3.05, 3.63) is 30.1 Å². The van der Waals surface area contributed by atoms with E-state index in [1.807, 2.05) is 0 Å². The van der Waals surface area contributed by atoms with Gasteiger partial charge in [0.1, 0.15) is 11.6 Å². The summed E-state index contributed by atoms with van der Waals surface area (Å²) in [6.07, 6.45) is 1.09. The van der Waals surface area contributed by atoms with Gasteiger partial charge in [-0.25, -0.2) is 4.39 Å². The molecule has 0 aliphatic rings. The van der Waals surface area contributed by atoms with Crippen LogP contribution < -0.4 is 10.5 Å². The van der Waals surface area contributed by atoms with Crippen molar-refractivity contribution in [3.63, 3.8) is 0 Å². The van der Waals surface area contributed by atoms with E-state index >= 15 is 0 Å². The minimum atomic E-state index is -0.306. The minimum absolute atomic E-state index is 0.0214. The molecular formula is C16H25FN2O2. The van der Waals surface area contributed by atoms with Crippen molar-refractivity contribution in [2.24, 2.45) is 11.7 Å². The molecule has 0 aliphatic carbocycles. The zero-order valence-electron chi connectivity index (χ0n) is 13.0. The highest BCUT2D eigenvalue weighted by molar-refractivity contribution is 5.75. The maximum Gasteiger partial charge on any atom is 0.225 e. The molecule has 0 saturated carbocycles. The molecule has 1 aromatic rings. The van der Waals surface area contributed by atoms with Crippen LogP contribution in [0.5, 0.6) is 5.75 Å². The van der Waals surface area contributed by atoms with E-state index in [4.69, 9.17) is 10.5 Å². The van der Waals surface area contributed by atoms with Crippen LogP contribution in [0, 0.1) is 11.7 Å². The third kappa shape index (κ3) is 6.58. The molecule has 118 valence electrons. The lowest BCUT2D eigenvalue weighted by molar-refractivity contribution is -0.130. The van der Waals surface area contributed by atoms with Crippen molar-refractivity contribution in [3.8, 4) is 5.75 Å². The van der Waals surface area contributed by atoms with Crippen LogP contribution in [0.1, 0.15) is 26.7 Å². The molecule has 0 bridgehead atoms. The Labute approximate surface area is 126 Å². The number of nitrogens with two attached hydrogens (primary N) is 1. The Morgan fingerprint density at radius 2 is 1.95 bits per heavy atom. The Balaban J connectivity index is 2.25. The molecule has 0 spiro atoms. The first-order valence-corrected chi connectivity index (χ1v) is 7.28. The molecule has 1 atom stereocenters. The first-order chi connectivity index (χ1) is 9.90. The van der Waals surface area contributed by atoms with E-state index in [1.165, 1.54) is 12.1 Å². The van der Waals surface area contributed by atoms with E-state index in [0.717, 1.165) is 6.42 Å². The topological polar surface area (TPSA) is 55.6 Å². The summed E-state index contributed by atoms with van der Waals surface area (Å²) in [5.74, 6) is 0.691. The van der Waals surface area contributed by atoms with E-state index in [9.17, 15) is 9.18 Å². The number of nitrogens with zero attached hydrogens (tertiary/aromatic N) is 1. The minimum Gasteiger partial charge on any atom is -0.493 e. The van der Waals surface area contributed by atoms with Crippen LogP contribution in [0.3, 0.4) is 0 Å². The van der Waals surface area contributed by atoms with E-state index in [0.29, 0.717) is 24.6 Å². The van der Waals surface area contributed by atoms with Crippen molar-refractivity contribution in [1.82, 2.24) is 4.90 Å². The van der Waals surface area contributed by atoms with Crippen molar-refractivity contribution in [2.45, 2.75) is 32.7 Å². The molecule has 5 heteroatoms. The second-order valence-electron chi connectivity index (χ2n) is 5.56. The summed E-state index contributed by atoms with van der Waals surface area (Å²) < 4.78 is 18.1. The predicted molar refractivity (Wildman–Crippen MR) is 81.6 cm³/mol. The van der Waals surface area contributed by atoms with Crippen molar-refractivity contribution >= 4 is 5.91 Å². The third-order valence-electron chi connectivity index (χ3n) is 3.48. The smallest absolute Gasteiger partial charge is 0.225 e. The SMILES string of the molecule is CC(C)C(N)CCN(C)C(=O)CCOc1ccc(F)cc1. The summed E-state index contributed by atoms with van der Waals surface area (Å²) in [5.41, 5.74) is 5.96. The summed E-state index contributed by atoms with van der Waals surface area (Å²) in [7, 11) is 1.77. The number of carbonyl (C=O) groups is 1. The van der Waals surface area contributed by atoms with Crippen LogP contribution in [-0.2, 0) is 4.79 Å². The van der Waals surface area contributed by atoms with Crippen LogP contribution in [0.2, 0.25) is 0 Å². The van der Waals surface area contributed by atoms with Crippen LogP contribution in [0.25, 0.3) is 0 Å². The van der Waals surface area contributed by atoms with Gasteiger partial charge in [0, 0.05) is 19.6 Å². The maximum atomic E-state index is 12.7. The van der Waals surface area contributed by atoms with Crippen LogP contribution in [0.15, 0.2) is 24.3 Å². The van der Waals surface area contributed by atoms with Gasteiger partial charge in [0.15, 0.2) is 0 Å². The summed E-state index contributed by atoms with van der Waals surface area (Å²) in [5, 5.41) is 0. The lowest BCUT2D eigenvalue weighted by atomic mass is 10.0. The number of hydrogen-bond acceptors (Lipinski definition) is 3. The molecule has 1 unspecified atom stereocenters. The second-order valence-corrected chi connectivity index (χ2v) is 5.56. The fraction of sp³-hybridized carbons (Fsp3) is 0.562. The lowest BCUT2D eigenvalue weighted by Gasteiger charge is -2.21. The van der Waals surface area contributed by atoms with Gasteiger partial charge >= 0.3 is 0 Å². The van der Waals surface area contributed by atoms with E-state index < -0.39 is 0 Å². The summed E-state index contributed by atoms with van der Waals surface area (Å²) in [6, 6.07) is 5.86. The second kappa shape index (κ2) is 8.62. The van der Waals surface area contributed by atoms with Crippen molar-refractivity contribution in [1.29, 1.82) is 0 Å². The van der Waals surface area contributed by atoms with Crippen LogP contribution in [-0.4, -0.2) is 37.0 Å². The van der Waals surface area contributed by atoms with Gasteiger partial charge in [-0.05, 0) is 36.6 Å². The van der Waals surface area contributed by atoms with E-state index in [1.54, 1.807) is 24.1 Å². The standard InChI is InChI=1S/C16H25FN2O2/c1-12(2)15(18)8-10-19(3)16(20)9-11-21-14-6-4-13(17)5-7-14/h4-7,12,15H,8-11,18H2,1-3H3. The zero-order chi connectivity index (χ0) is 15.8. The van der Waals surface area contributed by atoms with Crippen molar-refractivity contribution in [2.75, 3.05) is 20.2 Å². The summed E-state index contributed by atoms with van der Waals surface area (Å²) in [4.78, 5) is 13.6. The fourth-order valence-electron chi connectivity index (χ4n) is 1.78. The fourth-order valence-corrected chi connectivity index (χ4v) is 1.78. The Morgan fingerprint density at radius 3 is 2.52 bits per heavy atom. The zero-order valence-corrected chi connectivity index (χ0v) is 13.0. The highest BCUT2D eigenvalue weighted by Crippen LogP contribution is 2.11. The van der Waals surface area contributed by atoms with Crippen LogP contribution in [0.4, 0.5) is 4.39 Å². The highest BCUT2D eigenvalue weighted by Gasteiger charge is 2.12. The molecule has 1 aromatic carbocycles. The molecular weight excluding hydrogens is 271 g/mol. The number of halogens is 1. The molecule has 2 N–H and O–H groups in total. The quantitative estimate of drug-likeness (QED) is 0.801. The molecule has 0 aliphatic heterocycles. The van der Waals surface area contributed by atoms with Crippen LogP contribution >= 0.6 is 0 Å². The van der Waals surface area contributed by atoms with E-state index in [-0.39, 0.29) is 24.4 Å². The first kappa shape index (κ1) is 17.4. The van der Waals surface area contributed by atoms with Gasteiger partial charge in [-0.1, -0.05) is 13.8 Å². The van der Waals surface area contributed by atoms with Gasteiger partial charge in [-0.15, -0.1) is 0 Å². The Morgan fingerprint density at radius 1 is 1.33 bits per heavy atom. The molecule has 4 nitrogen and oxygen atoms in total. The molecule has 21 heavy (non-hydrogen) atoms. The van der Waals surface area contributed by atoms with Gasteiger partial charge in [0.2, 0.25) is 5.91 Å². The Hall–Kier alpha value is -1.62. The Bertz CT molecular complexity index is 434. The van der Waals surface area contributed by atoms with Gasteiger partial charge in [-0.2, -0.15) is 0 Å². The summed E-state index contributed by atoms with van der Waals surface area (Å²) in [6.45, 7) is 5.08. The molecule has 0 saturated heterocycles. The largest absolute Gasteiger partial charge is 0.493 e. The first-order valence-electron chi connectivity index (χ1n) is 7.28. The average molecular weight is 296 g/mol. The van der Waals surface area contributed by atoms with Gasteiger partial charge < -0.3 is 15.4 Å². The number of ether oxygens (including phenoxy) is 1. The average Bonchev–Trinajstić information content (AvgIpc) is 2.46.